The van der Waals surface area contributed by atoms with Crippen LogP contribution in [0.4, 0.5) is 54.5 Å². The van der Waals surface area contributed by atoms with Gasteiger partial charge in [0.15, 0.2) is 21.3 Å². The molecule has 1 aliphatic carbocycles. The number of halogens is 11. The fourth-order valence-corrected chi connectivity index (χ4v) is 10.2. The first-order valence-corrected chi connectivity index (χ1v) is 26.7. The number of carboxylic acid groups (broad SMARTS) is 2. The van der Waals surface area contributed by atoms with Crippen molar-refractivity contribution in [3.05, 3.63) is 93.0 Å². The molecule has 0 fully saturated rings. The Labute approximate surface area is 436 Å². The summed E-state index contributed by atoms with van der Waals surface area (Å²) in [4.78, 5) is 55.8. The zero-order valence-corrected chi connectivity index (χ0v) is 43.4. The van der Waals surface area contributed by atoms with E-state index in [4.69, 9.17) is 16.3 Å². The number of anilines is 1. The van der Waals surface area contributed by atoms with Gasteiger partial charge in [-0.2, -0.15) is 49.6 Å². The molecule has 0 unspecified atom stereocenters. The van der Waals surface area contributed by atoms with Gasteiger partial charge >= 0.3 is 30.4 Å². The maximum Gasteiger partial charge on any atom is 0.435 e. The molecule has 6 rings (SSSR count). The number of aryl methyl sites for hydroxylation is 1. The van der Waals surface area contributed by atoms with E-state index < -0.39 is 185 Å². The standard InChI is InChI=1S/C46H46ClF10N7O11S2/c1-21-22(2)45(53,54)40-35(21)39(46(55,56)57)60-62(40)19-32(65)59-31(15-23-13-24(48)16-25(49)14-23)37-28(8-7-26(58-37)11-12-43(3,4)76(5,71)72)29-9-10-30(47)36-38(29)63(20-44(50,51)52)61-41(36)64(77(6,73)74)42(70)75-27(17-33(66)67)18-34(68)69/h7-10,13-14,16,21-22,27,31H,11-12,15,17-20H2,1-6H3,(H,59,65)(H,66,67)(H,68,69)/t21-,22+,31-/m0/s1. The lowest BCUT2D eigenvalue weighted by Gasteiger charge is -2.25. The van der Waals surface area contributed by atoms with Gasteiger partial charge in [-0.05, 0) is 68.9 Å². The fourth-order valence-electron chi connectivity index (χ4n) is 8.70. The Bertz CT molecular complexity index is 3370. The van der Waals surface area contributed by atoms with Gasteiger partial charge < -0.3 is 20.3 Å². The summed E-state index contributed by atoms with van der Waals surface area (Å²) < 4.78 is 204. The van der Waals surface area contributed by atoms with Crippen LogP contribution in [0.5, 0.6) is 0 Å². The molecule has 3 N–H and O–H groups in total. The number of nitrogens with zero attached hydrogens (tertiary/aromatic N) is 6. The number of rotatable bonds is 19. The SMILES string of the molecule is C[C@@H]1c2c(C(F)(F)F)nn(CC(=O)N[C@@H](Cc3cc(F)cc(F)c3)c3nc(CCC(C)(C)S(C)(=O)=O)ccc3-c3ccc(Cl)c4c(N(C(=O)OC(CC(=O)O)CC(=O)O)S(C)(=O)=O)nn(CC(F)(F)F)c34)c2C(F)(F)[C@@H]1C. The highest BCUT2D eigenvalue weighted by Gasteiger charge is 2.57. The van der Waals surface area contributed by atoms with Crippen LogP contribution < -0.4 is 9.62 Å². The largest absolute Gasteiger partial charge is 0.481 e. The van der Waals surface area contributed by atoms with E-state index in [0.29, 0.717) is 12.3 Å². The van der Waals surface area contributed by atoms with E-state index in [9.17, 15) is 81.4 Å². The van der Waals surface area contributed by atoms with Crippen molar-refractivity contribution in [1.82, 2.24) is 29.9 Å². The third kappa shape index (κ3) is 13.1. The van der Waals surface area contributed by atoms with Crippen molar-refractivity contribution in [3.63, 3.8) is 0 Å². The van der Waals surface area contributed by atoms with E-state index in [2.05, 4.69) is 20.5 Å². The quantitative estimate of drug-likeness (QED) is 0.0654. The first kappa shape index (κ1) is 59.7. The monoisotopic (exact) mass is 1160 g/mol. The Hall–Kier alpha value is -6.56. The average molecular weight is 1160 g/mol. The lowest BCUT2D eigenvalue weighted by molar-refractivity contribution is -0.143. The summed E-state index contributed by atoms with van der Waals surface area (Å²) in [5.74, 6) is -15.5. The molecule has 31 heteroatoms. The molecular weight excluding hydrogens is 1120 g/mol. The number of nitrogens with one attached hydrogen (secondary N) is 1. The minimum atomic E-state index is -5.29. The van der Waals surface area contributed by atoms with Crippen LogP contribution >= 0.6 is 11.6 Å². The number of aliphatic carboxylic acids is 2. The molecule has 2 amide bonds. The van der Waals surface area contributed by atoms with Gasteiger partial charge in [0.2, 0.25) is 15.9 Å². The molecular formula is C46H46ClF10N7O11S2. The van der Waals surface area contributed by atoms with E-state index in [1.807, 2.05) is 0 Å². The Morgan fingerprint density at radius 3 is 2.00 bits per heavy atom. The molecule has 0 saturated carbocycles. The number of carbonyl (C=O) groups excluding carboxylic acids is 2. The van der Waals surface area contributed by atoms with Crippen molar-refractivity contribution in [3.8, 4) is 11.1 Å². The number of aromatic nitrogens is 5. The molecule has 0 bridgehead atoms. The molecule has 18 nitrogen and oxygen atoms in total. The Kier molecular flexibility index (Phi) is 16.5. The molecule has 77 heavy (non-hydrogen) atoms. The van der Waals surface area contributed by atoms with Gasteiger partial charge in [0, 0.05) is 40.6 Å². The number of benzene rings is 2. The van der Waals surface area contributed by atoms with Gasteiger partial charge in [-0.25, -0.2) is 30.4 Å². The maximum atomic E-state index is 15.8. The van der Waals surface area contributed by atoms with Crippen LogP contribution in [0.15, 0.2) is 42.5 Å². The summed E-state index contributed by atoms with van der Waals surface area (Å²) in [6, 6.07) is 4.58. The van der Waals surface area contributed by atoms with Crippen LogP contribution in [-0.4, -0.2) is 105 Å². The van der Waals surface area contributed by atoms with E-state index in [-0.39, 0.29) is 43.3 Å². The molecule has 0 spiro atoms. The van der Waals surface area contributed by atoms with E-state index in [1.54, 1.807) is 0 Å². The highest BCUT2D eigenvalue weighted by atomic mass is 35.5. The van der Waals surface area contributed by atoms with Gasteiger partial charge in [-0.1, -0.05) is 37.6 Å². The number of hydrogen-bond acceptors (Lipinski definition) is 12. The molecule has 0 aliphatic heterocycles. The summed E-state index contributed by atoms with van der Waals surface area (Å²) in [6.07, 6.45) is -16.9. The summed E-state index contributed by atoms with van der Waals surface area (Å²) in [5, 5.41) is 26.9. The zero-order chi connectivity index (χ0) is 57.9. The normalized spacial score (nSPS) is 16.4. The predicted octanol–water partition coefficient (Wildman–Crippen LogP) is 8.73. The highest BCUT2D eigenvalue weighted by Crippen LogP contribution is 2.55. The Balaban J connectivity index is 1.64. The third-order valence-corrected chi connectivity index (χ3v) is 16.4. The molecule has 3 aromatic heterocycles. The van der Waals surface area contributed by atoms with Crippen molar-refractivity contribution in [1.29, 1.82) is 0 Å². The predicted molar refractivity (Wildman–Crippen MR) is 253 cm³/mol. The molecule has 5 aromatic rings. The average Bonchev–Trinajstić information content (AvgIpc) is 3.87. The first-order valence-electron chi connectivity index (χ1n) is 22.6. The zero-order valence-electron chi connectivity index (χ0n) is 41.0. The van der Waals surface area contributed by atoms with Crippen LogP contribution in [0.25, 0.3) is 22.0 Å². The van der Waals surface area contributed by atoms with Crippen LogP contribution in [0.1, 0.15) is 92.8 Å². The highest BCUT2D eigenvalue weighted by molar-refractivity contribution is 7.92. The first-order chi connectivity index (χ1) is 35.2. The fraction of sp³-hybridized carbons (Fsp3) is 0.457. The van der Waals surface area contributed by atoms with E-state index >= 15 is 8.78 Å². The van der Waals surface area contributed by atoms with Gasteiger partial charge in [-0.15, -0.1) is 0 Å². The summed E-state index contributed by atoms with van der Waals surface area (Å²) in [5.41, 5.74) is -6.19. The molecule has 2 aromatic carbocycles. The minimum absolute atomic E-state index is 0.0227. The van der Waals surface area contributed by atoms with Crippen LogP contribution in [0, 0.1) is 17.6 Å². The van der Waals surface area contributed by atoms with Crippen molar-refractivity contribution in [2.45, 2.75) is 114 Å². The van der Waals surface area contributed by atoms with Crippen molar-refractivity contribution >= 4 is 72.1 Å². The maximum absolute atomic E-state index is 15.8. The number of alkyl halides is 8. The third-order valence-electron chi connectivity index (χ3n) is 12.8. The van der Waals surface area contributed by atoms with E-state index in [1.165, 1.54) is 19.9 Å². The molecule has 3 atom stereocenters. The second-order valence-electron chi connectivity index (χ2n) is 19.0. The number of pyridine rings is 1. The second-order valence-corrected chi connectivity index (χ2v) is 23.9. The molecule has 0 saturated heterocycles. The molecule has 3 heterocycles. The minimum Gasteiger partial charge on any atom is -0.481 e. The number of sulfonamides is 1. The molecule has 0 radical (unpaired) electrons. The van der Waals surface area contributed by atoms with Crippen molar-refractivity contribution in [2.24, 2.45) is 5.92 Å². The van der Waals surface area contributed by atoms with Gasteiger partial charge in [0.25, 0.3) is 5.92 Å². The van der Waals surface area contributed by atoms with Crippen molar-refractivity contribution in [2.75, 3.05) is 16.8 Å². The van der Waals surface area contributed by atoms with Crippen molar-refractivity contribution < 1.29 is 94.9 Å². The Morgan fingerprint density at radius 1 is 0.883 bits per heavy atom. The van der Waals surface area contributed by atoms with Crippen LogP contribution in [-0.2, 0) is 77.0 Å². The topological polar surface area (TPSA) is 250 Å². The summed E-state index contributed by atoms with van der Waals surface area (Å²) in [6.45, 7) is 1.37. The lowest BCUT2D eigenvalue weighted by atomic mass is 9.93. The summed E-state index contributed by atoms with van der Waals surface area (Å²) in [7, 11) is -8.92. The smallest absolute Gasteiger partial charge is 0.435 e. The van der Waals surface area contributed by atoms with Crippen LogP contribution in [0.2, 0.25) is 5.02 Å². The number of carboxylic acids is 2. The van der Waals surface area contributed by atoms with Crippen LogP contribution in [0.3, 0.4) is 0 Å². The second kappa shape index (κ2) is 21.3. The number of fused-ring (bicyclic) bond motifs is 2. The number of amides is 2. The number of sulfone groups is 1. The Morgan fingerprint density at radius 2 is 1.47 bits per heavy atom. The molecule has 420 valence electrons. The number of ether oxygens (including phenoxy) is 1. The van der Waals surface area contributed by atoms with E-state index in [0.717, 1.165) is 50.4 Å². The number of hydrogen-bond donors (Lipinski definition) is 3. The lowest BCUT2D eigenvalue weighted by Crippen LogP contribution is -2.40. The van der Waals surface area contributed by atoms with Gasteiger partial charge in [-0.3, -0.25) is 28.7 Å². The molecule has 1 aliphatic rings. The summed E-state index contributed by atoms with van der Waals surface area (Å²) >= 11 is 6.60. The van der Waals surface area contributed by atoms with Gasteiger partial charge in [0.05, 0.1) is 51.5 Å². The van der Waals surface area contributed by atoms with Gasteiger partial charge in [0.1, 0.15) is 36.5 Å². The number of carbonyl (C=O) groups is 4.